The molecule has 0 spiro atoms. The van der Waals surface area contributed by atoms with E-state index in [9.17, 15) is 9.59 Å². The van der Waals surface area contributed by atoms with Crippen LogP contribution < -0.4 is 11.5 Å². The van der Waals surface area contributed by atoms with Gasteiger partial charge in [-0.2, -0.15) is 4.99 Å². The predicted molar refractivity (Wildman–Crippen MR) is 98.4 cm³/mol. The molecule has 3 rings (SSSR count). The molecule has 0 unspecified atom stereocenters. The van der Waals surface area contributed by atoms with Gasteiger partial charge in [0.2, 0.25) is 0 Å². The molecule has 5 heteroatoms. The number of allylic oxidation sites excluding steroid dienone is 1. The van der Waals surface area contributed by atoms with Gasteiger partial charge in [0.05, 0.1) is 0 Å². The summed E-state index contributed by atoms with van der Waals surface area (Å²) in [5.74, 6) is -0.701. The van der Waals surface area contributed by atoms with E-state index >= 15 is 0 Å². The average molecular weight is 333 g/mol. The Balaban J connectivity index is 2.07. The quantitative estimate of drug-likeness (QED) is 0.512. The Morgan fingerprint density at radius 1 is 1.04 bits per heavy atom. The Morgan fingerprint density at radius 2 is 1.84 bits per heavy atom. The minimum Gasteiger partial charge on any atom is -0.370 e. The first-order valence-corrected chi connectivity index (χ1v) is 8.04. The van der Waals surface area contributed by atoms with Crippen LogP contribution in [0.4, 0.5) is 0 Å². The molecule has 1 aliphatic carbocycles. The van der Waals surface area contributed by atoms with E-state index in [1.54, 1.807) is 19.1 Å². The lowest BCUT2D eigenvalue weighted by atomic mass is 9.85. The summed E-state index contributed by atoms with van der Waals surface area (Å²) < 4.78 is 0. The van der Waals surface area contributed by atoms with Crippen LogP contribution in [0.25, 0.3) is 5.57 Å². The number of benzene rings is 2. The van der Waals surface area contributed by atoms with Crippen LogP contribution in [0.2, 0.25) is 0 Å². The van der Waals surface area contributed by atoms with Gasteiger partial charge in [0, 0.05) is 11.1 Å². The van der Waals surface area contributed by atoms with Crippen LogP contribution in [0.5, 0.6) is 0 Å². The molecule has 1 aliphatic rings. The van der Waals surface area contributed by atoms with E-state index < -0.39 is 5.91 Å². The first-order valence-electron chi connectivity index (χ1n) is 8.04. The Morgan fingerprint density at radius 3 is 2.56 bits per heavy atom. The Kier molecular flexibility index (Phi) is 4.48. The summed E-state index contributed by atoms with van der Waals surface area (Å²) in [5.41, 5.74) is 15.8. The van der Waals surface area contributed by atoms with Crippen molar-refractivity contribution in [2.45, 2.75) is 19.8 Å². The highest BCUT2D eigenvalue weighted by Crippen LogP contribution is 2.33. The molecule has 0 aromatic heterocycles. The molecule has 4 N–H and O–H groups in total. The van der Waals surface area contributed by atoms with Gasteiger partial charge in [-0.15, -0.1) is 0 Å². The normalized spacial score (nSPS) is 12.8. The van der Waals surface area contributed by atoms with Crippen LogP contribution in [-0.4, -0.2) is 17.6 Å². The highest BCUT2D eigenvalue weighted by molar-refractivity contribution is 6.03. The van der Waals surface area contributed by atoms with Crippen molar-refractivity contribution in [1.29, 1.82) is 0 Å². The minimum absolute atomic E-state index is 0.0233. The van der Waals surface area contributed by atoms with Gasteiger partial charge in [-0.05, 0) is 60.2 Å². The molecule has 0 fully saturated rings. The van der Waals surface area contributed by atoms with E-state index in [1.807, 2.05) is 30.3 Å². The number of ketones is 1. The number of fused-ring (bicyclic) bond motifs is 1. The molecule has 0 heterocycles. The van der Waals surface area contributed by atoms with Crippen LogP contribution >= 0.6 is 0 Å². The van der Waals surface area contributed by atoms with E-state index in [1.165, 1.54) is 0 Å². The van der Waals surface area contributed by atoms with Crippen molar-refractivity contribution < 1.29 is 9.59 Å². The van der Waals surface area contributed by atoms with Gasteiger partial charge in [0.1, 0.15) is 0 Å². The number of Topliss-reactive ketones (excluding diaryl/α,β-unsaturated/α-hetero) is 1. The largest absolute Gasteiger partial charge is 0.370 e. The highest BCUT2D eigenvalue weighted by Gasteiger charge is 2.17. The molecule has 0 saturated carbocycles. The first kappa shape index (κ1) is 16.6. The molecule has 0 saturated heterocycles. The lowest BCUT2D eigenvalue weighted by Crippen LogP contribution is -2.24. The fourth-order valence-corrected chi connectivity index (χ4v) is 3.02. The SMILES string of the molecule is CC(=O)c1cccc(C2=CCCc3ccc(C(=O)N=C(N)N)cc32)c1. The van der Waals surface area contributed by atoms with Crippen molar-refractivity contribution in [3.8, 4) is 0 Å². The summed E-state index contributed by atoms with van der Waals surface area (Å²) in [4.78, 5) is 27.4. The fourth-order valence-electron chi connectivity index (χ4n) is 3.02. The summed E-state index contributed by atoms with van der Waals surface area (Å²) in [5, 5.41) is 0. The topological polar surface area (TPSA) is 98.5 Å². The minimum atomic E-state index is -0.467. The van der Waals surface area contributed by atoms with E-state index in [0.717, 1.165) is 35.1 Å². The number of carbonyl (C=O) groups excluding carboxylic acids is 2. The lowest BCUT2D eigenvalue weighted by Gasteiger charge is -2.19. The molecular weight excluding hydrogens is 314 g/mol. The third-order valence-corrected chi connectivity index (χ3v) is 4.22. The maximum Gasteiger partial charge on any atom is 0.280 e. The van der Waals surface area contributed by atoms with Crippen LogP contribution in [0.15, 0.2) is 53.5 Å². The van der Waals surface area contributed by atoms with Crippen molar-refractivity contribution in [2.75, 3.05) is 0 Å². The summed E-state index contributed by atoms with van der Waals surface area (Å²) in [7, 11) is 0. The van der Waals surface area contributed by atoms with Gasteiger partial charge in [-0.25, -0.2) is 0 Å². The first-order chi connectivity index (χ1) is 12.0. The summed E-state index contributed by atoms with van der Waals surface area (Å²) in [6, 6.07) is 13.0. The van der Waals surface area contributed by atoms with Crippen molar-refractivity contribution in [3.05, 3.63) is 76.4 Å². The number of nitrogens with zero attached hydrogens (tertiary/aromatic N) is 1. The molecule has 0 aliphatic heterocycles. The maximum absolute atomic E-state index is 12.1. The number of aryl methyl sites for hydroxylation is 1. The molecule has 0 bridgehead atoms. The zero-order chi connectivity index (χ0) is 18.0. The average Bonchev–Trinajstić information content (AvgIpc) is 2.60. The molecule has 2 aromatic carbocycles. The molecule has 2 aromatic rings. The molecular formula is C20H19N3O2. The third kappa shape index (κ3) is 3.50. The van der Waals surface area contributed by atoms with Gasteiger partial charge in [-0.1, -0.05) is 30.3 Å². The number of carbonyl (C=O) groups is 2. The standard InChI is InChI=1S/C20H19N3O2/c1-12(24)14-5-2-6-15(10-14)17-7-3-4-13-8-9-16(11-18(13)17)19(25)23-20(21)22/h2,5-11H,3-4H2,1H3,(H4,21,22,23,25). The monoisotopic (exact) mass is 333 g/mol. The van der Waals surface area contributed by atoms with Gasteiger partial charge < -0.3 is 11.5 Å². The molecule has 5 nitrogen and oxygen atoms in total. The van der Waals surface area contributed by atoms with Crippen molar-refractivity contribution >= 4 is 23.2 Å². The Bertz CT molecular complexity index is 922. The molecule has 0 radical (unpaired) electrons. The van der Waals surface area contributed by atoms with Gasteiger partial charge in [-0.3, -0.25) is 9.59 Å². The van der Waals surface area contributed by atoms with Gasteiger partial charge in [0.15, 0.2) is 11.7 Å². The zero-order valence-electron chi connectivity index (χ0n) is 14.0. The third-order valence-electron chi connectivity index (χ3n) is 4.22. The number of rotatable bonds is 3. The maximum atomic E-state index is 12.1. The number of amides is 1. The Labute approximate surface area is 146 Å². The smallest absolute Gasteiger partial charge is 0.280 e. The van der Waals surface area contributed by atoms with Crippen LogP contribution in [0.3, 0.4) is 0 Å². The second-order valence-corrected chi connectivity index (χ2v) is 6.01. The summed E-state index contributed by atoms with van der Waals surface area (Å²) >= 11 is 0. The van der Waals surface area contributed by atoms with Crippen LogP contribution in [-0.2, 0) is 6.42 Å². The van der Waals surface area contributed by atoms with Crippen molar-refractivity contribution in [2.24, 2.45) is 16.5 Å². The summed E-state index contributed by atoms with van der Waals surface area (Å²) in [6.45, 7) is 1.55. The number of guanidine groups is 1. The zero-order valence-corrected chi connectivity index (χ0v) is 14.0. The Hall–Kier alpha value is -3.21. The molecule has 0 atom stereocenters. The molecule has 126 valence electrons. The lowest BCUT2D eigenvalue weighted by molar-refractivity contribution is 0.0998. The van der Waals surface area contributed by atoms with E-state index in [2.05, 4.69) is 11.1 Å². The molecule has 25 heavy (non-hydrogen) atoms. The van der Waals surface area contributed by atoms with Crippen LogP contribution in [0.1, 0.15) is 50.8 Å². The van der Waals surface area contributed by atoms with Crippen LogP contribution in [0, 0.1) is 0 Å². The van der Waals surface area contributed by atoms with E-state index in [0.29, 0.717) is 11.1 Å². The van der Waals surface area contributed by atoms with Gasteiger partial charge >= 0.3 is 0 Å². The second-order valence-electron chi connectivity index (χ2n) is 6.01. The summed E-state index contributed by atoms with van der Waals surface area (Å²) in [6.07, 6.45) is 3.95. The van der Waals surface area contributed by atoms with E-state index in [4.69, 9.17) is 11.5 Å². The number of nitrogens with two attached hydrogens (primary N) is 2. The number of hydrogen-bond acceptors (Lipinski definition) is 2. The number of hydrogen-bond donors (Lipinski definition) is 2. The number of aliphatic imine (C=N–C) groups is 1. The highest BCUT2D eigenvalue weighted by atomic mass is 16.1. The van der Waals surface area contributed by atoms with Crippen molar-refractivity contribution in [3.63, 3.8) is 0 Å². The fraction of sp³-hybridized carbons (Fsp3) is 0.150. The van der Waals surface area contributed by atoms with Crippen molar-refractivity contribution in [1.82, 2.24) is 0 Å². The second kappa shape index (κ2) is 6.73. The molecule has 1 amide bonds. The predicted octanol–water partition coefficient (Wildman–Crippen LogP) is 2.68. The van der Waals surface area contributed by atoms with E-state index in [-0.39, 0.29) is 11.7 Å². The van der Waals surface area contributed by atoms with Gasteiger partial charge in [0.25, 0.3) is 5.91 Å².